The Bertz CT molecular complexity index is 384. The molecule has 2 rings (SSSR count). The number of unbranched alkanes of at least 4 members (excludes halogenated alkanes) is 1. The number of nitrogens with zero attached hydrogens (tertiary/aromatic N) is 1. The molecule has 1 heterocycles. The van der Waals surface area contributed by atoms with Crippen LogP contribution in [-0.4, -0.2) is 23.5 Å². The number of furan rings is 1. The van der Waals surface area contributed by atoms with E-state index in [2.05, 4.69) is 37.1 Å². The van der Waals surface area contributed by atoms with Crippen molar-refractivity contribution in [3.8, 4) is 0 Å². The van der Waals surface area contributed by atoms with Crippen molar-refractivity contribution in [2.75, 3.05) is 6.54 Å². The second-order valence-corrected chi connectivity index (χ2v) is 6.11. The summed E-state index contributed by atoms with van der Waals surface area (Å²) < 4.78 is 5.74. The quantitative estimate of drug-likeness (QED) is 0.703. The van der Waals surface area contributed by atoms with Gasteiger partial charge in [0.2, 0.25) is 0 Å². The highest BCUT2D eigenvalue weighted by Crippen LogP contribution is 2.21. The molecule has 1 saturated carbocycles. The maximum atomic E-state index is 5.74. The van der Waals surface area contributed by atoms with Crippen LogP contribution in [0.2, 0.25) is 0 Å². The molecule has 3 heteroatoms. The van der Waals surface area contributed by atoms with Crippen LogP contribution in [0.5, 0.6) is 0 Å². The van der Waals surface area contributed by atoms with E-state index in [4.69, 9.17) is 4.42 Å². The molecule has 1 aromatic heterocycles. The summed E-state index contributed by atoms with van der Waals surface area (Å²) in [5.41, 5.74) is 1.33. The van der Waals surface area contributed by atoms with E-state index in [1.54, 1.807) is 0 Å². The highest BCUT2D eigenvalue weighted by atomic mass is 16.3. The van der Waals surface area contributed by atoms with Crippen molar-refractivity contribution < 1.29 is 4.42 Å². The monoisotopic (exact) mass is 278 g/mol. The minimum Gasteiger partial charge on any atom is -0.468 e. The van der Waals surface area contributed by atoms with Gasteiger partial charge in [0, 0.05) is 24.2 Å². The predicted molar refractivity (Wildman–Crippen MR) is 83.6 cm³/mol. The molecule has 3 nitrogen and oxygen atoms in total. The molecule has 0 bridgehead atoms. The van der Waals surface area contributed by atoms with Crippen molar-refractivity contribution in [2.45, 2.75) is 78.0 Å². The molecule has 1 N–H and O–H groups in total. The van der Waals surface area contributed by atoms with Gasteiger partial charge in [-0.3, -0.25) is 4.90 Å². The number of nitrogens with one attached hydrogen (secondary N) is 1. The first-order valence-corrected chi connectivity index (χ1v) is 8.27. The summed E-state index contributed by atoms with van der Waals surface area (Å²) in [5.74, 6) is 1.15. The molecule has 1 fully saturated rings. The van der Waals surface area contributed by atoms with Crippen LogP contribution in [0, 0.1) is 0 Å². The standard InChI is InChI=1S/C17H30N2O/c1-4-6-10-19(14(3)5-2)13-17-15(9-11-20-17)12-18-16-7-8-16/h9,11,14,16,18H,4-8,10,12-13H2,1-3H3. The van der Waals surface area contributed by atoms with E-state index in [-0.39, 0.29) is 0 Å². The predicted octanol–water partition coefficient (Wildman–Crippen LogP) is 3.93. The van der Waals surface area contributed by atoms with Crippen LogP contribution in [0.3, 0.4) is 0 Å². The van der Waals surface area contributed by atoms with E-state index < -0.39 is 0 Å². The molecule has 20 heavy (non-hydrogen) atoms. The summed E-state index contributed by atoms with van der Waals surface area (Å²) in [6.07, 6.45) is 8.22. The number of rotatable bonds is 10. The van der Waals surface area contributed by atoms with Crippen LogP contribution in [-0.2, 0) is 13.1 Å². The lowest BCUT2D eigenvalue weighted by molar-refractivity contribution is 0.177. The molecule has 0 aromatic carbocycles. The molecule has 1 aliphatic rings. The highest BCUT2D eigenvalue weighted by Gasteiger charge is 2.21. The van der Waals surface area contributed by atoms with Crippen molar-refractivity contribution in [1.82, 2.24) is 10.2 Å². The first kappa shape index (κ1) is 15.6. The van der Waals surface area contributed by atoms with Crippen LogP contribution < -0.4 is 5.32 Å². The fourth-order valence-electron chi connectivity index (χ4n) is 2.46. The average molecular weight is 278 g/mol. The molecule has 1 aliphatic carbocycles. The van der Waals surface area contributed by atoms with Gasteiger partial charge in [-0.25, -0.2) is 0 Å². The van der Waals surface area contributed by atoms with Gasteiger partial charge >= 0.3 is 0 Å². The van der Waals surface area contributed by atoms with E-state index >= 15 is 0 Å². The molecular formula is C17H30N2O. The van der Waals surface area contributed by atoms with Crippen LogP contribution >= 0.6 is 0 Å². The Morgan fingerprint density at radius 2 is 2.20 bits per heavy atom. The molecule has 0 amide bonds. The zero-order valence-corrected chi connectivity index (χ0v) is 13.3. The fourth-order valence-corrected chi connectivity index (χ4v) is 2.46. The zero-order chi connectivity index (χ0) is 14.4. The Kier molecular flexibility index (Phi) is 6.11. The summed E-state index contributed by atoms with van der Waals surface area (Å²) in [4.78, 5) is 2.56. The van der Waals surface area contributed by atoms with Gasteiger partial charge in [-0.05, 0) is 45.2 Å². The van der Waals surface area contributed by atoms with E-state index in [1.807, 2.05) is 6.26 Å². The first-order chi connectivity index (χ1) is 9.74. The maximum Gasteiger partial charge on any atom is 0.122 e. The van der Waals surface area contributed by atoms with Crippen molar-refractivity contribution in [1.29, 1.82) is 0 Å². The van der Waals surface area contributed by atoms with E-state index in [1.165, 1.54) is 44.2 Å². The first-order valence-electron chi connectivity index (χ1n) is 8.27. The van der Waals surface area contributed by atoms with Crippen LogP contribution in [0.1, 0.15) is 64.2 Å². The number of hydrogen-bond donors (Lipinski definition) is 1. The van der Waals surface area contributed by atoms with E-state index in [0.29, 0.717) is 6.04 Å². The van der Waals surface area contributed by atoms with E-state index in [9.17, 15) is 0 Å². The summed E-state index contributed by atoms with van der Waals surface area (Å²) in [6.45, 7) is 9.92. The number of hydrogen-bond acceptors (Lipinski definition) is 3. The zero-order valence-electron chi connectivity index (χ0n) is 13.3. The SMILES string of the molecule is CCCCN(Cc1occc1CNC1CC1)C(C)CC. The molecular weight excluding hydrogens is 248 g/mol. The summed E-state index contributed by atoms with van der Waals surface area (Å²) in [7, 11) is 0. The van der Waals surface area contributed by atoms with Crippen molar-refractivity contribution >= 4 is 0 Å². The van der Waals surface area contributed by atoms with Crippen LogP contribution in [0.15, 0.2) is 16.7 Å². The molecule has 0 spiro atoms. The third kappa shape index (κ3) is 4.64. The van der Waals surface area contributed by atoms with Crippen molar-refractivity contribution in [3.63, 3.8) is 0 Å². The Labute approximate surface area is 123 Å². The fraction of sp³-hybridized carbons (Fsp3) is 0.765. The summed E-state index contributed by atoms with van der Waals surface area (Å²) in [6, 6.07) is 3.50. The topological polar surface area (TPSA) is 28.4 Å². The smallest absolute Gasteiger partial charge is 0.122 e. The third-order valence-electron chi connectivity index (χ3n) is 4.36. The van der Waals surface area contributed by atoms with Gasteiger partial charge < -0.3 is 9.73 Å². The molecule has 0 aliphatic heterocycles. The lowest BCUT2D eigenvalue weighted by atomic mass is 10.1. The van der Waals surface area contributed by atoms with Crippen molar-refractivity contribution in [2.24, 2.45) is 0 Å². The third-order valence-corrected chi connectivity index (χ3v) is 4.36. The second kappa shape index (κ2) is 7.84. The lowest BCUT2D eigenvalue weighted by Gasteiger charge is -2.27. The Balaban J connectivity index is 1.92. The van der Waals surface area contributed by atoms with Gasteiger partial charge in [-0.1, -0.05) is 20.3 Å². The van der Waals surface area contributed by atoms with Gasteiger partial charge in [0.1, 0.15) is 5.76 Å². The van der Waals surface area contributed by atoms with Crippen molar-refractivity contribution in [3.05, 3.63) is 23.7 Å². The van der Waals surface area contributed by atoms with Gasteiger partial charge in [0.25, 0.3) is 0 Å². The molecule has 114 valence electrons. The normalized spacial score (nSPS) is 16.8. The Morgan fingerprint density at radius 3 is 2.85 bits per heavy atom. The molecule has 1 unspecified atom stereocenters. The molecule has 0 radical (unpaired) electrons. The maximum absolute atomic E-state index is 5.74. The Hall–Kier alpha value is -0.800. The van der Waals surface area contributed by atoms with Gasteiger partial charge in [-0.15, -0.1) is 0 Å². The highest BCUT2D eigenvalue weighted by molar-refractivity contribution is 5.17. The molecule has 1 aromatic rings. The molecule has 1 atom stereocenters. The lowest BCUT2D eigenvalue weighted by Crippen LogP contribution is -2.33. The van der Waals surface area contributed by atoms with E-state index in [0.717, 1.165) is 24.9 Å². The van der Waals surface area contributed by atoms with Gasteiger partial charge in [0.15, 0.2) is 0 Å². The second-order valence-electron chi connectivity index (χ2n) is 6.11. The summed E-state index contributed by atoms with van der Waals surface area (Å²) >= 11 is 0. The summed E-state index contributed by atoms with van der Waals surface area (Å²) in [5, 5.41) is 3.58. The minimum atomic E-state index is 0.621. The van der Waals surface area contributed by atoms with Crippen LogP contribution in [0.25, 0.3) is 0 Å². The van der Waals surface area contributed by atoms with Crippen LogP contribution in [0.4, 0.5) is 0 Å². The average Bonchev–Trinajstić information content (AvgIpc) is 3.19. The largest absolute Gasteiger partial charge is 0.468 e. The minimum absolute atomic E-state index is 0.621. The van der Waals surface area contributed by atoms with Gasteiger partial charge in [-0.2, -0.15) is 0 Å². The van der Waals surface area contributed by atoms with Gasteiger partial charge in [0.05, 0.1) is 12.8 Å². The Morgan fingerprint density at radius 1 is 1.40 bits per heavy atom. The molecule has 0 saturated heterocycles.